The van der Waals surface area contributed by atoms with Gasteiger partial charge in [-0.1, -0.05) is 6.92 Å². The van der Waals surface area contributed by atoms with Crippen LogP contribution in [0, 0.1) is 23.7 Å². The van der Waals surface area contributed by atoms with Crippen molar-refractivity contribution in [1.82, 2.24) is 0 Å². The standard InChI is InChI=1S/C13H20O2/c1-8-6-7-11-12(15)5-3-4-10(9(2)14)13(8)11/h8,10-11,13H,3-7H2,1-2H3/t8-,10+,11+,13-/m1/s1. The first-order valence-electron chi connectivity index (χ1n) is 6.14. The molecule has 2 saturated carbocycles. The molecular weight excluding hydrogens is 188 g/mol. The average molecular weight is 208 g/mol. The number of carbonyl (C=O) groups is 2. The van der Waals surface area contributed by atoms with Gasteiger partial charge in [0.1, 0.15) is 11.6 Å². The maximum Gasteiger partial charge on any atom is 0.136 e. The Balaban J connectivity index is 2.26. The van der Waals surface area contributed by atoms with Crippen LogP contribution in [-0.2, 0) is 9.59 Å². The van der Waals surface area contributed by atoms with Crippen LogP contribution < -0.4 is 0 Å². The Morgan fingerprint density at radius 3 is 2.67 bits per heavy atom. The molecule has 0 spiro atoms. The van der Waals surface area contributed by atoms with Gasteiger partial charge in [0.15, 0.2) is 0 Å². The second-order valence-electron chi connectivity index (χ2n) is 5.31. The van der Waals surface area contributed by atoms with E-state index in [1.165, 1.54) is 0 Å². The number of rotatable bonds is 1. The molecule has 0 aliphatic heterocycles. The van der Waals surface area contributed by atoms with Crippen LogP contribution in [0.1, 0.15) is 46.0 Å². The molecule has 2 aliphatic rings. The van der Waals surface area contributed by atoms with Crippen molar-refractivity contribution in [2.45, 2.75) is 46.0 Å². The Morgan fingerprint density at radius 1 is 1.27 bits per heavy atom. The molecule has 15 heavy (non-hydrogen) atoms. The predicted molar refractivity (Wildman–Crippen MR) is 58.4 cm³/mol. The van der Waals surface area contributed by atoms with E-state index in [0.717, 1.165) is 25.7 Å². The Morgan fingerprint density at radius 2 is 2.00 bits per heavy atom. The molecule has 0 radical (unpaired) electrons. The molecule has 0 saturated heterocycles. The lowest BCUT2D eigenvalue weighted by Crippen LogP contribution is -2.29. The second kappa shape index (κ2) is 4.07. The van der Waals surface area contributed by atoms with Gasteiger partial charge in [-0.25, -0.2) is 0 Å². The van der Waals surface area contributed by atoms with Gasteiger partial charge in [0.05, 0.1) is 0 Å². The number of hydrogen-bond acceptors (Lipinski definition) is 2. The van der Waals surface area contributed by atoms with Crippen molar-refractivity contribution in [1.29, 1.82) is 0 Å². The fourth-order valence-corrected chi connectivity index (χ4v) is 3.62. The summed E-state index contributed by atoms with van der Waals surface area (Å²) in [4.78, 5) is 23.5. The molecule has 2 rings (SSSR count). The van der Waals surface area contributed by atoms with Gasteiger partial charge in [-0.05, 0) is 44.4 Å². The van der Waals surface area contributed by atoms with Gasteiger partial charge in [-0.3, -0.25) is 9.59 Å². The van der Waals surface area contributed by atoms with Crippen LogP contribution in [0.2, 0.25) is 0 Å². The van der Waals surface area contributed by atoms with Crippen molar-refractivity contribution in [3.63, 3.8) is 0 Å². The fourth-order valence-electron chi connectivity index (χ4n) is 3.62. The van der Waals surface area contributed by atoms with Crippen LogP contribution in [0.25, 0.3) is 0 Å². The van der Waals surface area contributed by atoms with E-state index in [0.29, 0.717) is 29.8 Å². The first kappa shape index (κ1) is 10.8. The molecule has 2 fully saturated rings. The average Bonchev–Trinajstić information content (AvgIpc) is 2.45. The van der Waals surface area contributed by atoms with E-state index in [2.05, 4.69) is 6.92 Å². The predicted octanol–water partition coefficient (Wildman–Crippen LogP) is 2.61. The normalized spacial score (nSPS) is 41.1. The third kappa shape index (κ3) is 1.86. The van der Waals surface area contributed by atoms with E-state index < -0.39 is 0 Å². The van der Waals surface area contributed by atoms with Crippen LogP contribution in [0.5, 0.6) is 0 Å². The molecule has 2 heteroatoms. The van der Waals surface area contributed by atoms with Gasteiger partial charge >= 0.3 is 0 Å². The summed E-state index contributed by atoms with van der Waals surface area (Å²) in [5, 5.41) is 0. The fraction of sp³-hybridized carbons (Fsp3) is 0.846. The third-order valence-corrected chi connectivity index (χ3v) is 4.39. The third-order valence-electron chi connectivity index (χ3n) is 4.39. The topological polar surface area (TPSA) is 34.1 Å². The smallest absolute Gasteiger partial charge is 0.136 e. The molecule has 0 amide bonds. The highest BCUT2D eigenvalue weighted by atomic mass is 16.1. The van der Waals surface area contributed by atoms with Gasteiger partial charge in [-0.2, -0.15) is 0 Å². The highest BCUT2D eigenvalue weighted by Crippen LogP contribution is 2.46. The molecular formula is C13H20O2. The zero-order chi connectivity index (χ0) is 11.0. The molecule has 2 aliphatic carbocycles. The molecule has 0 bridgehead atoms. The van der Waals surface area contributed by atoms with Crippen LogP contribution in [-0.4, -0.2) is 11.6 Å². The van der Waals surface area contributed by atoms with Gasteiger partial charge in [0.25, 0.3) is 0 Å². The lowest BCUT2D eigenvalue weighted by molar-refractivity contribution is -0.126. The van der Waals surface area contributed by atoms with Crippen LogP contribution in [0.15, 0.2) is 0 Å². The first-order valence-corrected chi connectivity index (χ1v) is 6.14. The highest BCUT2D eigenvalue weighted by molar-refractivity contribution is 5.85. The Bertz CT molecular complexity index is 282. The lowest BCUT2D eigenvalue weighted by atomic mass is 9.76. The Hall–Kier alpha value is -0.660. The minimum Gasteiger partial charge on any atom is -0.300 e. The van der Waals surface area contributed by atoms with Crippen molar-refractivity contribution >= 4 is 11.6 Å². The van der Waals surface area contributed by atoms with E-state index in [9.17, 15) is 9.59 Å². The van der Waals surface area contributed by atoms with Crippen LogP contribution >= 0.6 is 0 Å². The Kier molecular flexibility index (Phi) is 2.94. The maximum atomic E-state index is 11.9. The lowest BCUT2D eigenvalue weighted by Gasteiger charge is -2.26. The number of Topliss-reactive ketones (excluding diaryl/α,β-unsaturated/α-hetero) is 2. The van der Waals surface area contributed by atoms with Crippen molar-refractivity contribution in [3.05, 3.63) is 0 Å². The van der Waals surface area contributed by atoms with Crippen LogP contribution in [0.4, 0.5) is 0 Å². The Labute approximate surface area is 91.4 Å². The van der Waals surface area contributed by atoms with Gasteiger partial charge in [0.2, 0.25) is 0 Å². The summed E-state index contributed by atoms with van der Waals surface area (Å²) in [5.41, 5.74) is 0. The number of carbonyl (C=O) groups excluding carboxylic acids is 2. The largest absolute Gasteiger partial charge is 0.300 e. The summed E-state index contributed by atoms with van der Waals surface area (Å²) < 4.78 is 0. The quantitative estimate of drug-likeness (QED) is 0.663. The molecule has 0 aromatic carbocycles. The summed E-state index contributed by atoms with van der Waals surface area (Å²) in [6.07, 6.45) is 4.71. The minimum atomic E-state index is 0.166. The zero-order valence-electron chi connectivity index (χ0n) is 9.66. The van der Waals surface area contributed by atoms with Gasteiger partial charge < -0.3 is 0 Å². The second-order valence-corrected chi connectivity index (χ2v) is 5.31. The van der Waals surface area contributed by atoms with E-state index in [-0.39, 0.29) is 11.8 Å². The zero-order valence-corrected chi connectivity index (χ0v) is 9.66. The SMILES string of the molecule is CC(=O)[C@@H]1CCCC(=O)[C@@H]2CC[C@@H](C)[C@H]12. The van der Waals surface area contributed by atoms with Gasteiger partial charge in [-0.15, -0.1) is 0 Å². The van der Waals surface area contributed by atoms with E-state index in [4.69, 9.17) is 0 Å². The van der Waals surface area contributed by atoms with Crippen molar-refractivity contribution < 1.29 is 9.59 Å². The van der Waals surface area contributed by atoms with Crippen molar-refractivity contribution in [3.8, 4) is 0 Å². The summed E-state index contributed by atoms with van der Waals surface area (Å²) >= 11 is 0. The number of ketones is 2. The summed E-state index contributed by atoms with van der Waals surface area (Å²) in [5.74, 6) is 2.01. The van der Waals surface area contributed by atoms with Gasteiger partial charge in [0, 0.05) is 18.3 Å². The molecule has 0 aromatic heterocycles. The van der Waals surface area contributed by atoms with E-state index >= 15 is 0 Å². The summed E-state index contributed by atoms with van der Waals surface area (Å²) in [6.45, 7) is 3.90. The molecule has 4 atom stereocenters. The van der Waals surface area contributed by atoms with Crippen molar-refractivity contribution in [2.24, 2.45) is 23.7 Å². The molecule has 0 unspecified atom stereocenters. The van der Waals surface area contributed by atoms with E-state index in [1.54, 1.807) is 6.92 Å². The van der Waals surface area contributed by atoms with Crippen molar-refractivity contribution in [2.75, 3.05) is 0 Å². The van der Waals surface area contributed by atoms with E-state index in [1.807, 2.05) is 0 Å². The monoisotopic (exact) mass is 208 g/mol. The minimum absolute atomic E-state index is 0.166. The number of hydrogen-bond donors (Lipinski definition) is 0. The molecule has 2 nitrogen and oxygen atoms in total. The molecule has 0 aromatic rings. The maximum absolute atomic E-state index is 11.9. The highest BCUT2D eigenvalue weighted by Gasteiger charge is 2.44. The molecule has 84 valence electrons. The molecule has 0 heterocycles. The summed E-state index contributed by atoms with van der Waals surface area (Å²) in [6, 6.07) is 0. The number of fused-ring (bicyclic) bond motifs is 1. The van der Waals surface area contributed by atoms with Crippen LogP contribution in [0.3, 0.4) is 0 Å². The summed E-state index contributed by atoms with van der Waals surface area (Å²) in [7, 11) is 0. The first-order chi connectivity index (χ1) is 7.11. The molecule has 0 N–H and O–H groups in total.